The molecule has 2 fully saturated rings. The Morgan fingerprint density at radius 1 is 1.25 bits per heavy atom. The van der Waals surface area contributed by atoms with E-state index in [0.717, 1.165) is 36.5 Å². The summed E-state index contributed by atoms with van der Waals surface area (Å²) in [5, 5.41) is 4.01. The van der Waals surface area contributed by atoms with Crippen molar-refractivity contribution in [3.8, 4) is 0 Å². The van der Waals surface area contributed by atoms with Gasteiger partial charge in [-0.1, -0.05) is 40.2 Å². The monoisotopic (exact) mass is 311 g/mol. The van der Waals surface area contributed by atoms with Crippen LogP contribution in [0.5, 0.6) is 0 Å². The van der Waals surface area contributed by atoms with Gasteiger partial charge >= 0.3 is 0 Å². The predicted molar refractivity (Wildman–Crippen MR) is 88.8 cm³/mol. The molecule has 3 aliphatic rings. The predicted octanol–water partition coefficient (Wildman–Crippen LogP) is 4.03. The number of hydrogen-bond donors (Lipinski definition) is 1. The SMILES string of the molecule is O=C(CCCC[C@@H]1CCSS1)NC[C@@H]1C[C@H]2C=C[C@H]1C2. The summed E-state index contributed by atoms with van der Waals surface area (Å²) >= 11 is 0. The Morgan fingerprint density at radius 2 is 2.20 bits per heavy atom. The maximum Gasteiger partial charge on any atom is 0.220 e. The van der Waals surface area contributed by atoms with Crippen molar-refractivity contribution in [3.05, 3.63) is 12.2 Å². The van der Waals surface area contributed by atoms with Crippen LogP contribution < -0.4 is 5.32 Å². The number of carbonyl (C=O) groups is 1. The fourth-order valence-electron chi connectivity index (χ4n) is 3.68. The number of allylic oxidation sites excluding steroid dienone is 2. The van der Waals surface area contributed by atoms with Gasteiger partial charge in [0, 0.05) is 24.0 Å². The Bertz CT molecular complexity index is 365. The van der Waals surface area contributed by atoms with Gasteiger partial charge in [-0.25, -0.2) is 0 Å². The van der Waals surface area contributed by atoms with Crippen molar-refractivity contribution in [2.75, 3.05) is 12.3 Å². The van der Waals surface area contributed by atoms with Gasteiger partial charge in [-0.05, 0) is 49.9 Å². The normalized spacial score (nSPS) is 34.8. The molecule has 1 saturated heterocycles. The largest absolute Gasteiger partial charge is 0.356 e. The Balaban J connectivity index is 1.23. The Hall–Kier alpha value is -0.0900. The van der Waals surface area contributed by atoms with Crippen LogP contribution in [0.1, 0.15) is 44.9 Å². The summed E-state index contributed by atoms with van der Waals surface area (Å²) in [6.45, 7) is 0.902. The van der Waals surface area contributed by atoms with E-state index in [9.17, 15) is 4.79 Å². The van der Waals surface area contributed by atoms with Crippen molar-refractivity contribution in [3.63, 3.8) is 0 Å². The van der Waals surface area contributed by atoms with E-state index in [2.05, 4.69) is 17.5 Å². The Morgan fingerprint density at radius 3 is 2.90 bits per heavy atom. The first-order valence-corrected chi connectivity index (χ1v) is 10.4. The lowest BCUT2D eigenvalue weighted by Gasteiger charge is -2.18. The van der Waals surface area contributed by atoms with E-state index in [1.165, 1.54) is 37.9 Å². The van der Waals surface area contributed by atoms with Crippen LogP contribution >= 0.6 is 21.6 Å². The highest BCUT2D eigenvalue weighted by molar-refractivity contribution is 8.77. The van der Waals surface area contributed by atoms with E-state index in [-0.39, 0.29) is 5.91 Å². The molecule has 2 nitrogen and oxygen atoms in total. The molecule has 20 heavy (non-hydrogen) atoms. The summed E-state index contributed by atoms with van der Waals surface area (Å²) < 4.78 is 0. The average Bonchev–Trinajstić information content (AvgIpc) is 3.18. The van der Waals surface area contributed by atoms with Crippen LogP contribution in [0.2, 0.25) is 0 Å². The molecule has 0 radical (unpaired) electrons. The molecule has 1 N–H and O–H groups in total. The van der Waals surface area contributed by atoms with Crippen LogP contribution in [0.15, 0.2) is 12.2 Å². The van der Waals surface area contributed by atoms with Crippen molar-refractivity contribution >= 4 is 27.5 Å². The van der Waals surface area contributed by atoms with Crippen molar-refractivity contribution < 1.29 is 4.79 Å². The molecule has 4 heteroatoms. The van der Waals surface area contributed by atoms with Gasteiger partial charge in [-0.15, -0.1) is 0 Å². The molecule has 3 rings (SSSR count). The smallest absolute Gasteiger partial charge is 0.220 e. The van der Waals surface area contributed by atoms with Crippen LogP contribution in [-0.4, -0.2) is 23.5 Å². The first-order valence-electron chi connectivity index (χ1n) is 8.04. The Kier molecular flexibility index (Phi) is 5.38. The lowest BCUT2D eigenvalue weighted by atomic mass is 9.93. The molecule has 4 atom stereocenters. The van der Waals surface area contributed by atoms with E-state index in [1.807, 2.05) is 21.6 Å². The highest BCUT2D eigenvalue weighted by Crippen LogP contribution is 2.43. The topological polar surface area (TPSA) is 29.1 Å². The zero-order valence-corrected chi connectivity index (χ0v) is 13.7. The van der Waals surface area contributed by atoms with Crippen LogP contribution in [0.25, 0.3) is 0 Å². The number of fused-ring (bicyclic) bond motifs is 2. The molecular weight excluding hydrogens is 286 g/mol. The maximum atomic E-state index is 11.9. The van der Waals surface area contributed by atoms with Crippen LogP contribution in [-0.2, 0) is 4.79 Å². The number of unbranched alkanes of at least 4 members (excludes halogenated alkanes) is 1. The molecule has 112 valence electrons. The maximum absolute atomic E-state index is 11.9. The molecule has 2 aliphatic carbocycles. The van der Waals surface area contributed by atoms with Gasteiger partial charge in [0.15, 0.2) is 0 Å². The molecule has 2 bridgehead atoms. The average molecular weight is 312 g/mol. The van der Waals surface area contributed by atoms with E-state index < -0.39 is 0 Å². The zero-order chi connectivity index (χ0) is 13.8. The molecule has 1 amide bonds. The highest BCUT2D eigenvalue weighted by Gasteiger charge is 2.35. The summed E-state index contributed by atoms with van der Waals surface area (Å²) in [5.74, 6) is 3.85. The fourth-order valence-corrected chi connectivity index (χ4v) is 6.71. The van der Waals surface area contributed by atoms with Gasteiger partial charge in [0.05, 0.1) is 0 Å². The highest BCUT2D eigenvalue weighted by atomic mass is 33.1. The van der Waals surface area contributed by atoms with Crippen molar-refractivity contribution in [2.45, 2.75) is 50.2 Å². The number of amides is 1. The van der Waals surface area contributed by atoms with Crippen LogP contribution in [0, 0.1) is 17.8 Å². The lowest BCUT2D eigenvalue weighted by Crippen LogP contribution is -2.30. The van der Waals surface area contributed by atoms with E-state index in [0.29, 0.717) is 5.92 Å². The van der Waals surface area contributed by atoms with Gasteiger partial charge in [0.1, 0.15) is 0 Å². The third-order valence-electron chi connectivity index (χ3n) is 4.89. The summed E-state index contributed by atoms with van der Waals surface area (Å²) in [6, 6.07) is 0. The molecule has 0 aromatic rings. The van der Waals surface area contributed by atoms with Crippen molar-refractivity contribution in [2.24, 2.45) is 17.8 Å². The first kappa shape index (κ1) is 14.8. The zero-order valence-electron chi connectivity index (χ0n) is 12.1. The van der Waals surface area contributed by atoms with Gasteiger partial charge < -0.3 is 5.32 Å². The standard InChI is InChI=1S/C16H25NOS2/c18-16(4-2-1-3-15-7-8-19-20-15)17-11-14-10-12-5-6-13(14)9-12/h5-6,12-15H,1-4,7-11H2,(H,17,18)/t12-,13-,14-,15+/m0/s1. The van der Waals surface area contributed by atoms with E-state index >= 15 is 0 Å². The molecule has 1 heterocycles. The Labute approximate surface area is 130 Å². The van der Waals surface area contributed by atoms with Gasteiger partial charge in [-0.3, -0.25) is 4.79 Å². The second-order valence-electron chi connectivity index (χ2n) is 6.42. The van der Waals surface area contributed by atoms with Crippen molar-refractivity contribution in [1.82, 2.24) is 5.32 Å². The third-order valence-corrected chi connectivity index (χ3v) is 7.89. The van der Waals surface area contributed by atoms with E-state index in [1.54, 1.807) is 0 Å². The third kappa shape index (κ3) is 3.97. The minimum atomic E-state index is 0.269. The second kappa shape index (κ2) is 7.26. The first-order chi connectivity index (χ1) is 9.81. The summed E-state index contributed by atoms with van der Waals surface area (Å²) in [4.78, 5) is 11.9. The number of nitrogens with one attached hydrogen (secondary N) is 1. The molecule has 1 aliphatic heterocycles. The van der Waals surface area contributed by atoms with Crippen LogP contribution in [0.4, 0.5) is 0 Å². The van der Waals surface area contributed by atoms with Crippen LogP contribution in [0.3, 0.4) is 0 Å². The van der Waals surface area contributed by atoms with Gasteiger partial charge in [-0.2, -0.15) is 0 Å². The molecule has 0 unspecified atom stereocenters. The molecule has 0 aromatic heterocycles. The number of hydrogen-bond acceptors (Lipinski definition) is 3. The summed E-state index contributed by atoms with van der Waals surface area (Å²) in [5.41, 5.74) is 0. The molecule has 1 saturated carbocycles. The molecule has 0 spiro atoms. The van der Waals surface area contributed by atoms with E-state index in [4.69, 9.17) is 0 Å². The molecule has 0 aromatic carbocycles. The molecular formula is C16H25NOS2. The van der Waals surface area contributed by atoms with Gasteiger partial charge in [0.2, 0.25) is 5.91 Å². The summed E-state index contributed by atoms with van der Waals surface area (Å²) in [7, 11) is 4.05. The van der Waals surface area contributed by atoms with Crippen molar-refractivity contribution in [1.29, 1.82) is 0 Å². The second-order valence-corrected chi connectivity index (χ2v) is 9.21. The quantitative estimate of drug-likeness (QED) is 0.437. The number of carbonyl (C=O) groups excluding carboxylic acids is 1. The van der Waals surface area contributed by atoms with Gasteiger partial charge in [0.25, 0.3) is 0 Å². The summed E-state index contributed by atoms with van der Waals surface area (Å²) in [6.07, 6.45) is 13.0. The number of rotatable bonds is 7. The lowest BCUT2D eigenvalue weighted by molar-refractivity contribution is -0.121. The minimum absolute atomic E-state index is 0.269. The fraction of sp³-hybridized carbons (Fsp3) is 0.812. The minimum Gasteiger partial charge on any atom is -0.356 e.